The highest BCUT2D eigenvalue weighted by atomic mass is 28.4. The zero-order valence-corrected chi connectivity index (χ0v) is 21.4. The topological polar surface area (TPSA) is 79.2 Å². The Bertz CT molecular complexity index is 611. The van der Waals surface area contributed by atoms with Gasteiger partial charge in [0.15, 0.2) is 28.5 Å². The lowest BCUT2D eigenvalue weighted by Crippen LogP contribution is -2.65. The minimum absolute atomic E-state index is 0.0842. The molecule has 1 unspecified atom stereocenters. The van der Waals surface area contributed by atoms with E-state index in [1.54, 1.807) is 0 Å². The molecule has 2 saturated heterocycles. The van der Waals surface area contributed by atoms with Crippen molar-refractivity contribution in [3.63, 3.8) is 0 Å². The van der Waals surface area contributed by atoms with E-state index in [2.05, 4.69) is 67.7 Å². The molecule has 0 aromatic heterocycles. The molecule has 2 aliphatic heterocycles. The number of rotatable bonds is 4. The van der Waals surface area contributed by atoms with Crippen LogP contribution >= 0.6 is 0 Å². The molecule has 2 fully saturated rings. The average molecular weight is 432 g/mol. The number of fused-ring (bicyclic) bond motifs is 1. The molecule has 4 atom stereocenters. The second-order valence-electron chi connectivity index (χ2n) is 11.5. The van der Waals surface area contributed by atoms with Gasteiger partial charge < -0.3 is 24.0 Å². The fourth-order valence-electron chi connectivity index (χ4n) is 3.40. The molecule has 164 valence electrons. The first kappa shape index (κ1) is 24.0. The number of amides is 1. The average Bonchev–Trinajstić information content (AvgIpc) is 2.68. The Morgan fingerprint density at radius 3 is 1.93 bits per heavy atom. The quantitative estimate of drug-likeness (QED) is 0.667. The summed E-state index contributed by atoms with van der Waals surface area (Å²) in [6.07, 6.45) is -1.69. The van der Waals surface area contributed by atoms with Crippen LogP contribution in [0.2, 0.25) is 36.3 Å². The number of hydrogen-bond donors (Lipinski definition) is 2. The predicted octanol–water partition coefficient (Wildman–Crippen LogP) is 3.45. The molecule has 2 heterocycles. The summed E-state index contributed by atoms with van der Waals surface area (Å²) in [4.78, 5) is 14.7. The second kappa shape index (κ2) is 7.16. The van der Waals surface area contributed by atoms with Crippen molar-refractivity contribution in [2.45, 2.75) is 115 Å². The molecule has 0 aromatic carbocycles. The van der Waals surface area contributed by atoms with Crippen molar-refractivity contribution in [3.05, 3.63) is 0 Å². The van der Waals surface area contributed by atoms with Crippen molar-refractivity contribution in [2.75, 3.05) is 6.54 Å². The molecule has 2 N–H and O–H groups in total. The zero-order chi connectivity index (χ0) is 21.9. The smallest absolute Gasteiger partial charge is 0.255 e. The largest absolute Gasteiger partial charge is 0.406 e. The van der Waals surface area contributed by atoms with Crippen LogP contribution < -0.4 is 0 Å². The molecule has 8 heteroatoms. The third-order valence-corrected chi connectivity index (χ3v) is 16.4. The summed E-state index contributed by atoms with van der Waals surface area (Å²) >= 11 is 0. The molecule has 0 aromatic rings. The molecule has 2 aliphatic rings. The normalized spacial score (nSPS) is 32.6. The third-order valence-electron chi connectivity index (χ3n) is 7.44. The van der Waals surface area contributed by atoms with Crippen molar-refractivity contribution < 1.29 is 23.9 Å². The van der Waals surface area contributed by atoms with Gasteiger partial charge in [0, 0.05) is 6.54 Å². The van der Waals surface area contributed by atoms with Crippen LogP contribution in [0.3, 0.4) is 0 Å². The van der Waals surface area contributed by atoms with Gasteiger partial charge in [-0.3, -0.25) is 4.79 Å². The highest BCUT2D eigenvalue weighted by Crippen LogP contribution is 2.47. The monoisotopic (exact) mass is 431 g/mol. The Morgan fingerprint density at radius 2 is 1.46 bits per heavy atom. The van der Waals surface area contributed by atoms with Crippen molar-refractivity contribution in [1.82, 2.24) is 4.90 Å². The van der Waals surface area contributed by atoms with Gasteiger partial charge in [-0.2, -0.15) is 0 Å². The number of aliphatic hydroxyl groups is 2. The minimum atomic E-state index is -2.33. The molecule has 2 rings (SSSR count). The maximum atomic E-state index is 13.3. The van der Waals surface area contributed by atoms with Crippen LogP contribution in [0.15, 0.2) is 0 Å². The Morgan fingerprint density at radius 1 is 1.00 bits per heavy atom. The van der Waals surface area contributed by atoms with E-state index in [4.69, 9.17) is 8.85 Å². The molecular formula is C20H41NO5Si2. The fourth-order valence-corrected chi connectivity index (χ4v) is 5.90. The molecule has 0 spiro atoms. The number of piperidine rings is 1. The predicted molar refractivity (Wildman–Crippen MR) is 116 cm³/mol. The fraction of sp³-hybridized carbons (Fsp3) is 0.950. The van der Waals surface area contributed by atoms with Crippen LogP contribution in [0, 0.1) is 0 Å². The van der Waals surface area contributed by atoms with E-state index in [1.807, 2.05) is 0 Å². The Hall–Kier alpha value is -0.256. The second-order valence-corrected chi connectivity index (χ2v) is 21.0. The number of aliphatic hydroxyl groups excluding tert-OH is 1. The molecule has 0 bridgehead atoms. The Labute approximate surface area is 172 Å². The molecule has 28 heavy (non-hydrogen) atoms. The summed E-state index contributed by atoms with van der Waals surface area (Å²) in [5, 5.41) is 22.2. The van der Waals surface area contributed by atoms with Crippen molar-refractivity contribution >= 4 is 22.5 Å². The molecule has 6 nitrogen and oxygen atoms in total. The first-order chi connectivity index (χ1) is 12.4. The SMILES string of the molecule is CC(C)(C)[Si](C)(C)O[C@@H]1[C@@H](O[Si](C)(C)C(C)(C)C)C(=O)N2CCC[C@H](O)C12O. The summed E-state index contributed by atoms with van der Waals surface area (Å²) in [6.45, 7) is 21.6. The van der Waals surface area contributed by atoms with Crippen LogP contribution in [0.1, 0.15) is 54.4 Å². The Balaban J connectivity index is 2.50. The zero-order valence-electron chi connectivity index (χ0n) is 19.4. The van der Waals surface area contributed by atoms with Gasteiger partial charge in [-0.05, 0) is 49.1 Å². The number of carbonyl (C=O) groups is 1. The van der Waals surface area contributed by atoms with Crippen LogP contribution in [-0.4, -0.2) is 68.2 Å². The van der Waals surface area contributed by atoms with E-state index in [0.29, 0.717) is 19.4 Å². The number of nitrogens with zero attached hydrogens (tertiary/aromatic N) is 1. The lowest BCUT2D eigenvalue weighted by molar-refractivity contribution is -0.219. The van der Waals surface area contributed by atoms with E-state index in [0.717, 1.165) is 0 Å². The lowest BCUT2D eigenvalue weighted by atomic mass is 9.92. The van der Waals surface area contributed by atoms with Crippen LogP contribution in [0.5, 0.6) is 0 Å². The summed E-state index contributed by atoms with van der Waals surface area (Å²) in [5.74, 6) is -0.255. The Kier molecular flexibility index (Phi) is 6.14. The van der Waals surface area contributed by atoms with Gasteiger partial charge in [-0.1, -0.05) is 41.5 Å². The van der Waals surface area contributed by atoms with Gasteiger partial charge in [-0.25, -0.2) is 0 Å². The van der Waals surface area contributed by atoms with Gasteiger partial charge in [0.25, 0.3) is 5.91 Å². The van der Waals surface area contributed by atoms with E-state index in [1.165, 1.54) is 4.90 Å². The summed E-state index contributed by atoms with van der Waals surface area (Å²) < 4.78 is 13.1. The van der Waals surface area contributed by atoms with Crippen LogP contribution in [-0.2, 0) is 13.6 Å². The standard InChI is InChI=1S/C20H41NO5Si2/c1-18(2,3)27(7,8)25-15-16(26-28(9,10)19(4,5)6)20(24)14(22)12-11-13-21(20)17(15)23/h14-16,22,24H,11-13H2,1-10H3/t14-,15+,16+,20?/m0/s1. The molecule has 0 radical (unpaired) electrons. The van der Waals surface area contributed by atoms with E-state index in [-0.39, 0.29) is 16.0 Å². The van der Waals surface area contributed by atoms with Gasteiger partial charge in [0.1, 0.15) is 12.2 Å². The van der Waals surface area contributed by atoms with Crippen molar-refractivity contribution in [3.8, 4) is 0 Å². The molecule has 0 aliphatic carbocycles. The van der Waals surface area contributed by atoms with Gasteiger partial charge in [-0.15, -0.1) is 0 Å². The van der Waals surface area contributed by atoms with Crippen molar-refractivity contribution in [1.29, 1.82) is 0 Å². The number of hydrogen-bond acceptors (Lipinski definition) is 5. The number of carbonyl (C=O) groups excluding carboxylic acids is 1. The molecule has 1 amide bonds. The highest BCUT2D eigenvalue weighted by Gasteiger charge is 2.66. The van der Waals surface area contributed by atoms with Crippen LogP contribution in [0.4, 0.5) is 0 Å². The summed E-state index contributed by atoms with van der Waals surface area (Å²) in [7, 11) is -4.63. The van der Waals surface area contributed by atoms with E-state index >= 15 is 0 Å². The van der Waals surface area contributed by atoms with E-state index in [9.17, 15) is 15.0 Å². The summed E-state index contributed by atoms with van der Waals surface area (Å²) in [5.41, 5.74) is -1.72. The third kappa shape index (κ3) is 3.88. The van der Waals surface area contributed by atoms with Crippen molar-refractivity contribution in [2.24, 2.45) is 0 Å². The summed E-state index contributed by atoms with van der Waals surface area (Å²) in [6, 6.07) is 0. The highest BCUT2D eigenvalue weighted by molar-refractivity contribution is 6.74. The van der Waals surface area contributed by atoms with Gasteiger partial charge in [0.05, 0.1) is 0 Å². The molecule has 0 saturated carbocycles. The van der Waals surface area contributed by atoms with Gasteiger partial charge in [0.2, 0.25) is 0 Å². The maximum Gasteiger partial charge on any atom is 0.255 e. The first-order valence-electron chi connectivity index (χ1n) is 10.4. The maximum absolute atomic E-state index is 13.3. The first-order valence-corrected chi connectivity index (χ1v) is 16.3. The van der Waals surface area contributed by atoms with E-state index < -0.39 is 40.7 Å². The van der Waals surface area contributed by atoms with Gasteiger partial charge >= 0.3 is 0 Å². The molecular weight excluding hydrogens is 390 g/mol. The minimum Gasteiger partial charge on any atom is -0.406 e. The van der Waals surface area contributed by atoms with Crippen LogP contribution in [0.25, 0.3) is 0 Å². The lowest BCUT2D eigenvalue weighted by Gasteiger charge is -2.48.